The van der Waals surface area contributed by atoms with Crippen LogP contribution in [0, 0.1) is 10.9 Å². The molecule has 0 unspecified atom stereocenters. The predicted molar refractivity (Wildman–Crippen MR) is 133 cm³/mol. The van der Waals surface area contributed by atoms with E-state index in [-0.39, 0.29) is 11.8 Å². The molecule has 1 saturated heterocycles. The monoisotopic (exact) mass is 499 g/mol. The molecular weight excluding hydrogens is 478 g/mol. The standard InChI is InChI=1S/C23H21N3O4S3/c1-14-6-3-4-9-17(14)26-21(27)19-20(24-22(26)32-13-18-29-10-11-30-18)25(23(31)33-19)15-7-5-8-16(12-15)28-2/h3-9,12,18H,10-11,13H2,1-2H3. The molecule has 0 N–H and O–H groups in total. The zero-order valence-corrected chi connectivity index (χ0v) is 20.5. The van der Waals surface area contributed by atoms with Crippen LogP contribution in [0.15, 0.2) is 58.5 Å². The maximum absolute atomic E-state index is 13.8. The first-order chi connectivity index (χ1) is 16.1. The molecule has 5 rings (SSSR count). The van der Waals surface area contributed by atoms with E-state index >= 15 is 0 Å². The molecule has 2 aromatic heterocycles. The van der Waals surface area contributed by atoms with Gasteiger partial charge >= 0.3 is 0 Å². The highest BCUT2D eigenvalue weighted by molar-refractivity contribution is 7.99. The molecule has 0 atom stereocenters. The van der Waals surface area contributed by atoms with Crippen molar-refractivity contribution in [3.63, 3.8) is 0 Å². The molecule has 10 heteroatoms. The van der Waals surface area contributed by atoms with E-state index in [1.807, 2.05) is 60.0 Å². The number of para-hydroxylation sites is 1. The maximum Gasteiger partial charge on any atom is 0.278 e. The van der Waals surface area contributed by atoms with Gasteiger partial charge in [0.05, 0.1) is 37.5 Å². The van der Waals surface area contributed by atoms with Crippen molar-refractivity contribution in [2.45, 2.75) is 18.4 Å². The van der Waals surface area contributed by atoms with Crippen LogP contribution in [0.25, 0.3) is 21.7 Å². The van der Waals surface area contributed by atoms with Crippen LogP contribution in [0.1, 0.15) is 5.56 Å². The number of aromatic nitrogens is 3. The van der Waals surface area contributed by atoms with Crippen LogP contribution < -0.4 is 10.3 Å². The first-order valence-electron chi connectivity index (χ1n) is 10.3. The van der Waals surface area contributed by atoms with E-state index in [0.29, 0.717) is 44.2 Å². The Kier molecular flexibility index (Phi) is 6.35. The molecular formula is C23H21N3O4S3. The van der Waals surface area contributed by atoms with E-state index in [1.165, 1.54) is 23.1 Å². The molecule has 1 aliphatic heterocycles. The smallest absolute Gasteiger partial charge is 0.278 e. The Morgan fingerprint density at radius 3 is 2.73 bits per heavy atom. The first kappa shape index (κ1) is 22.3. The lowest BCUT2D eigenvalue weighted by molar-refractivity contribution is -0.0215. The Morgan fingerprint density at radius 2 is 1.97 bits per heavy atom. The molecule has 33 heavy (non-hydrogen) atoms. The Morgan fingerprint density at radius 1 is 1.18 bits per heavy atom. The summed E-state index contributed by atoms with van der Waals surface area (Å²) in [7, 11) is 1.62. The van der Waals surface area contributed by atoms with Crippen LogP contribution in [-0.2, 0) is 9.47 Å². The van der Waals surface area contributed by atoms with Gasteiger partial charge in [-0.3, -0.25) is 13.9 Å². The minimum absolute atomic E-state index is 0.150. The van der Waals surface area contributed by atoms with Crippen LogP contribution >= 0.6 is 35.3 Å². The molecule has 2 aromatic carbocycles. The van der Waals surface area contributed by atoms with Gasteiger partial charge in [-0.25, -0.2) is 4.98 Å². The molecule has 0 radical (unpaired) electrons. The van der Waals surface area contributed by atoms with Crippen molar-refractivity contribution in [3.05, 3.63) is 68.4 Å². The van der Waals surface area contributed by atoms with Crippen LogP contribution in [0.4, 0.5) is 0 Å². The van der Waals surface area contributed by atoms with Crippen LogP contribution in [-0.4, -0.2) is 46.5 Å². The summed E-state index contributed by atoms with van der Waals surface area (Å²) in [6.07, 6.45) is -0.324. The zero-order chi connectivity index (χ0) is 22.9. The van der Waals surface area contributed by atoms with E-state index in [0.717, 1.165) is 16.9 Å². The number of methoxy groups -OCH3 is 1. The van der Waals surface area contributed by atoms with Crippen molar-refractivity contribution in [1.82, 2.24) is 14.1 Å². The lowest BCUT2D eigenvalue weighted by atomic mass is 10.2. The average molecular weight is 500 g/mol. The molecule has 0 saturated carbocycles. The topological polar surface area (TPSA) is 67.5 Å². The van der Waals surface area contributed by atoms with Crippen molar-refractivity contribution in [3.8, 4) is 17.1 Å². The first-order valence-corrected chi connectivity index (χ1v) is 12.5. The highest BCUT2D eigenvalue weighted by atomic mass is 32.2. The molecule has 3 heterocycles. The highest BCUT2D eigenvalue weighted by Gasteiger charge is 2.22. The predicted octanol–water partition coefficient (Wildman–Crippen LogP) is 4.75. The van der Waals surface area contributed by atoms with Crippen molar-refractivity contribution < 1.29 is 14.2 Å². The van der Waals surface area contributed by atoms with Gasteiger partial charge in [0.15, 0.2) is 21.0 Å². The van der Waals surface area contributed by atoms with Crippen molar-refractivity contribution in [1.29, 1.82) is 0 Å². The van der Waals surface area contributed by atoms with Crippen LogP contribution in [0.2, 0.25) is 0 Å². The summed E-state index contributed by atoms with van der Waals surface area (Å²) in [6, 6.07) is 15.3. The number of ether oxygens (including phenoxy) is 3. The Balaban J connectivity index is 1.73. The Bertz CT molecular complexity index is 1440. The fourth-order valence-corrected chi connectivity index (χ4v) is 5.93. The number of nitrogens with zero attached hydrogens (tertiary/aromatic N) is 3. The van der Waals surface area contributed by atoms with Crippen LogP contribution in [0.5, 0.6) is 5.75 Å². The SMILES string of the molecule is COc1cccc(-n2c(=S)sc3c(=O)n(-c4ccccc4C)c(SCC4OCCO4)nc32)c1. The highest BCUT2D eigenvalue weighted by Crippen LogP contribution is 2.30. The minimum atomic E-state index is -0.324. The summed E-state index contributed by atoms with van der Waals surface area (Å²) in [5.41, 5.74) is 2.95. The van der Waals surface area contributed by atoms with Gasteiger partial charge in [-0.05, 0) is 42.9 Å². The fourth-order valence-electron chi connectivity index (χ4n) is 3.68. The molecule has 4 aromatic rings. The second-order valence-electron chi connectivity index (χ2n) is 7.36. The fraction of sp³-hybridized carbons (Fsp3) is 0.261. The van der Waals surface area contributed by atoms with E-state index in [1.54, 1.807) is 11.7 Å². The summed E-state index contributed by atoms with van der Waals surface area (Å²) in [5.74, 6) is 1.22. The number of benzene rings is 2. The summed E-state index contributed by atoms with van der Waals surface area (Å²) in [5, 5.41) is 0.561. The van der Waals surface area contributed by atoms with Gasteiger partial charge in [-0.2, -0.15) is 0 Å². The Labute approximate surface area is 203 Å². The molecule has 0 bridgehead atoms. The normalized spacial score (nSPS) is 14.2. The van der Waals surface area contributed by atoms with Gasteiger partial charge in [0.25, 0.3) is 5.56 Å². The number of hydrogen-bond acceptors (Lipinski definition) is 8. The number of aryl methyl sites for hydroxylation is 1. The number of thiazole rings is 1. The van der Waals surface area contributed by atoms with Gasteiger partial charge < -0.3 is 14.2 Å². The average Bonchev–Trinajstić information content (AvgIpc) is 3.46. The van der Waals surface area contributed by atoms with Crippen molar-refractivity contribution in [2.24, 2.45) is 0 Å². The van der Waals surface area contributed by atoms with E-state index in [2.05, 4.69) is 0 Å². The van der Waals surface area contributed by atoms with Gasteiger partial charge in [0.1, 0.15) is 10.4 Å². The lowest BCUT2D eigenvalue weighted by Crippen LogP contribution is -2.23. The van der Waals surface area contributed by atoms with Crippen molar-refractivity contribution in [2.75, 3.05) is 26.1 Å². The molecule has 0 aliphatic carbocycles. The second-order valence-corrected chi connectivity index (χ2v) is 9.99. The van der Waals surface area contributed by atoms with Gasteiger partial charge in [0.2, 0.25) is 0 Å². The van der Waals surface area contributed by atoms with Crippen LogP contribution in [0.3, 0.4) is 0 Å². The number of hydrogen-bond donors (Lipinski definition) is 0. The molecule has 7 nitrogen and oxygen atoms in total. The van der Waals surface area contributed by atoms with E-state index < -0.39 is 0 Å². The lowest BCUT2D eigenvalue weighted by Gasteiger charge is -2.16. The summed E-state index contributed by atoms with van der Waals surface area (Å²) in [4.78, 5) is 18.7. The second kappa shape index (κ2) is 9.40. The Hall–Kier alpha value is -2.50. The third-order valence-corrected chi connectivity index (χ3v) is 7.61. The minimum Gasteiger partial charge on any atom is -0.497 e. The van der Waals surface area contributed by atoms with E-state index in [4.69, 9.17) is 31.4 Å². The molecule has 1 aliphatic rings. The molecule has 170 valence electrons. The maximum atomic E-state index is 13.8. The number of fused-ring (bicyclic) bond motifs is 1. The summed E-state index contributed by atoms with van der Waals surface area (Å²) in [6.45, 7) is 3.12. The summed E-state index contributed by atoms with van der Waals surface area (Å²) >= 11 is 8.36. The molecule has 1 fully saturated rings. The van der Waals surface area contributed by atoms with Gasteiger partial charge in [-0.1, -0.05) is 47.4 Å². The third-order valence-electron chi connectivity index (χ3n) is 5.28. The summed E-state index contributed by atoms with van der Waals surface area (Å²) < 4.78 is 21.1. The number of thioether (sulfide) groups is 1. The quantitative estimate of drug-likeness (QED) is 0.215. The molecule has 0 spiro atoms. The molecule has 0 amide bonds. The van der Waals surface area contributed by atoms with E-state index in [9.17, 15) is 4.79 Å². The van der Waals surface area contributed by atoms with Gasteiger partial charge in [-0.15, -0.1) is 0 Å². The zero-order valence-electron chi connectivity index (χ0n) is 18.0. The van der Waals surface area contributed by atoms with Gasteiger partial charge in [0, 0.05) is 6.07 Å². The third kappa shape index (κ3) is 4.24. The number of rotatable bonds is 6. The van der Waals surface area contributed by atoms with Crippen molar-refractivity contribution >= 4 is 45.7 Å². The largest absolute Gasteiger partial charge is 0.497 e.